The van der Waals surface area contributed by atoms with Gasteiger partial charge in [0.15, 0.2) is 5.82 Å². The lowest BCUT2D eigenvalue weighted by Crippen LogP contribution is -1.94. The summed E-state index contributed by atoms with van der Waals surface area (Å²) in [5.74, 6) is 0.324. The number of nitrogens with zero attached hydrogens (tertiary/aromatic N) is 2. The second-order valence-corrected chi connectivity index (χ2v) is 6.14. The fourth-order valence-electron chi connectivity index (χ4n) is 3.31. The third-order valence-electron chi connectivity index (χ3n) is 4.51. The minimum Gasteiger partial charge on any atom is -0.337 e. The summed E-state index contributed by atoms with van der Waals surface area (Å²) in [4.78, 5) is 12.7. The molecule has 5 aromatic rings. The Kier molecular flexibility index (Phi) is 3.28. The fourth-order valence-corrected chi connectivity index (χ4v) is 3.31. The molecule has 3 aromatic carbocycles. The maximum atomic E-state index is 14.3. The normalized spacial score (nSPS) is 11.3. The summed E-state index contributed by atoms with van der Waals surface area (Å²) >= 11 is 0. The van der Waals surface area contributed by atoms with Gasteiger partial charge in [-0.15, -0.1) is 0 Å². The van der Waals surface area contributed by atoms with Crippen molar-refractivity contribution in [2.45, 2.75) is 0 Å². The standard InChI is InChI=1S/C22H14FN3/c23-17-13-7-12-16-18-19(14-8-3-1-4-9-14)24-21(15-10-5-2-6-11-15)26-22(18)25-20(16)17/h1-13H,(H,24,25,26). The molecular formula is C22H14FN3. The van der Waals surface area contributed by atoms with Crippen LogP contribution in [0.2, 0.25) is 0 Å². The fraction of sp³-hybridized carbons (Fsp3) is 0. The molecule has 0 saturated heterocycles. The Labute approximate surface area is 149 Å². The highest BCUT2D eigenvalue weighted by Gasteiger charge is 2.17. The molecule has 124 valence electrons. The van der Waals surface area contributed by atoms with E-state index in [-0.39, 0.29) is 5.82 Å². The number of benzene rings is 3. The SMILES string of the molecule is Fc1cccc2c1[nH]c1nc(-c3ccccc3)nc(-c3ccccc3)c12. The van der Waals surface area contributed by atoms with Crippen molar-refractivity contribution >= 4 is 21.9 Å². The molecule has 26 heavy (non-hydrogen) atoms. The van der Waals surface area contributed by atoms with E-state index in [2.05, 4.69) is 9.97 Å². The molecule has 0 atom stereocenters. The molecule has 0 bridgehead atoms. The van der Waals surface area contributed by atoms with Crippen LogP contribution in [0.5, 0.6) is 0 Å². The molecule has 1 N–H and O–H groups in total. The number of para-hydroxylation sites is 1. The van der Waals surface area contributed by atoms with Crippen molar-refractivity contribution in [3.8, 4) is 22.6 Å². The molecule has 0 saturated carbocycles. The lowest BCUT2D eigenvalue weighted by Gasteiger charge is -2.07. The second kappa shape index (κ2) is 5.77. The molecule has 5 rings (SSSR count). The number of aromatic nitrogens is 3. The van der Waals surface area contributed by atoms with E-state index in [1.807, 2.05) is 66.7 Å². The van der Waals surface area contributed by atoms with Crippen LogP contribution in [0.1, 0.15) is 0 Å². The van der Waals surface area contributed by atoms with Gasteiger partial charge in [0.25, 0.3) is 0 Å². The Morgan fingerprint density at radius 3 is 2.12 bits per heavy atom. The highest BCUT2D eigenvalue weighted by molar-refractivity contribution is 6.12. The van der Waals surface area contributed by atoms with Crippen molar-refractivity contribution in [2.24, 2.45) is 0 Å². The van der Waals surface area contributed by atoms with Gasteiger partial charge < -0.3 is 4.98 Å². The molecular weight excluding hydrogens is 325 g/mol. The van der Waals surface area contributed by atoms with Crippen molar-refractivity contribution in [2.75, 3.05) is 0 Å². The summed E-state index contributed by atoms with van der Waals surface area (Å²) in [6, 6.07) is 24.8. The van der Waals surface area contributed by atoms with Gasteiger partial charge in [-0.1, -0.05) is 72.8 Å². The summed E-state index contributed by atoms with van der Waals surface area (Å²) in [7, 11) is 0. The average Bonchev–Trinajstić information content (AvgIpc) is 3.09. The Bertz CT molecular complexity index is 1230. The Morgan fingerprint density at radius 2 is 1.38 bits per heavy atom. The van der Waals surface area contributed by atoms with Gasteiger partial charge >= 0.3 is 0 Å². The molecule has 0 aliphatic rings. The minimum absolute atomic E-state index is 0.291. The number of fused-ring (bicyclic) bond motifs is 3. The number of nitrogens with one attached hydrogen (secondary N) is 1. The van der Waals surface area contributed by atoms with Crippen LogP contribution in [0.4, 0.5) is 4.39 Å². The number of hydrogen-bond acceptors (Lipinski definition) is 2. The van der Waals surface area contributed by atoms with Gasteiger partial charge in [0.05, 0.1) is 16.6 Å². The number of rotatable bonds is 2. The van der Waals surface area contributed by atoms with Crippen LogP contribution in [0, 0.1) is 5.82 Å². The minimum atomic E-state index is -0.291. The molecule has 0 amide bonds. The molecule has 0 fully saturated rings. The second-order valence-electron chi connectivity index (χ2n) is 6.14. The van der Waals surface area contributed by atoms with E-state index in [0.29, 0.717) is 17.0 Å². The maximum absolute atomic E-state index is 14.3. The first-order chi connectivity index (χ1) is 12.8. The lowest BCUT2D eigenvalue weighted by atomic mass is 10.1. The number of halogens is 1. The van der Waals surface area contributed by atoms with Crippen LogP contribution in [-0.2, 0) is 0 Å². The lowest BCUT2D eigenvalue weighted by molar-refractivity contribution is 0.637. The smallest absolute Gasteiger partial charge is 0.162 e. The van der Waals surface area contributed by atoms with E-state index >= 15 is 0 Å². The van der Waals surface area contributed by atoms with Crippen molar-refractivity contribution < 1.29 is 4.39 Å². The zero-order chi connectivity index (χ0) is 17.5. The maximum Gasteiger partial charge on any atom is 0.162 e. The zero-order valence-corrected chi connectivity index (χ0v) is 13.8. The monoisotopic (exact) mass is 339 g/mol. The van der Waals surface area contributed by atoms with Crippen LogP contribution >= 0.6 is 0 Å². The average molecular weight is 339 g/mol. The first-order valence-electron chi connectivity index (χ1n) is 8.40. The van der Waals surface area contributed by atoms with Gasteiger partial charge in [-0.3, -0.25) is 0 Å². The van der Waals surface area contributed by atoms with E-state index in [9.17, 15) is 4.39 Å². The molecule has 0 unspecified atom stereocenters. The van der Waals surface area contributed by atoms with Gasteiger partial charge in [0.1, 0.15) is 11.5 Å². The van der Waals surface area contributed by atoms with E-state index in [1.54, 1.807) is 6.07 Å². The van der Waals surface area contributed by atoms with Crippen molar-refractivity contribution in [1.29, 1.82) is 0 Å². The predicted molar refractivity (Wildman–Crippen MR) is 102 cm³/mol. The van der Waals surface area contributed by atoms with E-state index in [0.717, 1.165) is 27.6 Å². The first kappa shape index (κ1) is 14.8. The highest BCUT2D eigenvalue weighted by atomic mass is 19.1. The first-order valence-corrected chi connectivity index (χ1v) is 8.40. The zero-order valence-electron chi connectivity index (χ0n) is 13.8. The van der Waals surface area contributed by atoms with E-state index in [1.165, 1.54) is 6.07 Å². The topological polar surface area (TPSA) is 41.6 Å². The van der Waals surface area contributed by atoms with E-state index in [4.69, 9.17) is 4.98 Å². The van der Waals surface area contributed by atoms with Gasteiger partial charge in [0.2, 0.25) is 0 Å². The number of aromatic amines is 1. The third kappa shape index (κ3) is 2.27. The Balaban J connectivity index is 1.92. The molecule has 0 aliphatic heterocycles. The largest absolute Gasteiger partial charge is 0.337 e. The summed E-state index contributed by atoms with van der Waals surface area (Å²) < 4.78 is 14.3. The summed E-state index contributed by atoms with van der Waals surface area (Å²) in [5, 5.41) is 1.63. The van der Waals surface area contributed by atoms with Crippen LogP contribution in [0.15, 0.2) is 78.9 Å². The molecule has 0 aliphatic carbocycles. The van der Waals surface area contributed by atoms with E-state index < -0.39 is 0 Å². The van der Waals surface area contributed by atoms with Crippen LogP contribution < -0.4 is 0 Å². The van der Waals surface area contributed by atoms with Gasteiger partial charge in [-0.25, -0.2) is 14.4 Å². The molecule has 0 radical (unpaired) electrons. The van der Waals surface area contributed by atoms with Crippen LogP contribution in [-0.4, -0.2) is 15.0 Å². The van der Waals surface area contributed by atoms with Crippen molar-refractivity contribution in [1.82, 2.24) is 15.0 Å². The molecule has 2 aromatic heterocycles. The van der Waals surface area contributed by atoms with Crippen LogP contribution in [0.3, 0.4) is 0 Å². The molecule has 3 nitrogen and oxygen atoms in total. The Morgan fingerprint density at radius 1 is 0.692 bits per heavy atom. The van der Waals surface area contributed by atoms with Crippen molar-refractivity contribution in [3.63, 3.8) is 0 Å². The van der Waals surface area contributed by atoms with Gasteiger partial charge in [-0.05, 0) is 6.07 Å². The predicted octanol–water partition coefficient (Wildman–Crippen LogP) is 5.58. The highest BCUT2D eigenvalue weighted by Crippen LogP contribution is 2.34. The number of H-pyrrole nitrogens is 1. The quantitative estimate of drug-likeness (QED) is 0.456. The number of hydrogen-bond donors (Lipinski definition) is 1. The Hall–Kier alpha value is -3.53. The third-order valence-corrected chi connectivity index (χ3v) is 4.51. The summed E-state index contributed by atoms with van der Waals surface area (Å²) in [6.07, 6.45) is 0. The van der Waals surface area contributed by atoms with Crippen LogP contribution in [0.25, 0.3) is 44.6 Å². The molecule has 4 heteroatoms. The summed E-state index contributed by atoms with van der Waals surface area (Å²) in [6.45, 7) is 0. The molecule has 0 spiro atoms. The van der Waals surface area contributed by atoms with Gasteiger partial charge in [-0.2, -0.15) is 0 Å². The summed E-state index contributed by atoms with van der Waals surface area (Å²) in [5.41, 5.74) is 3.79. The van der Waals surface area contributed by atoms with Crippen molar-refractivity contribution in [3.05, 3.63) is 84.7 Å². The van der Waals surface area contributed by atoms with Gasteiger partial charge in [0, 0.05) is 16.5 Å². The molecule has 2 heterocycles.